The van der Waals surface area contributed by atoms with E-state index in [1.54, 1.807) is 0 Å². The van der Waals surface area contributed by atoms with E-state index in [9.17, 15) is 24.8 Å². The van der Waals surface area contributed by atoms with Crippen molar-refractivity contribution in [1.29, 1.82) is 0 Å². The lowest BCUT2D eigenvalue weighted by Gasteiger charge is -2.26. The van der Waals surface area contributed by atoms with Gasteiger partial charge in [-0.1, -0.05) is 24.3 Å². The number of anilines is 1. The number of nitro benzene ring substituents is 1. The summed E-state index contributed by atoms with van der Waals surface area (Å²) in [4.78, 5) is 42.0. The molecule has 3 rings (SSSR count). The highest BCUT2D eigenvalue weighted by Gasteiger charge is 2.45. The molecule has 9 heteroatoms. The van der Waals surface area contributed by atoms with Crippen molar-refractivity contribution in [2.24, 2.45) is 0 Å². The van der Waals surface area contributed by atoms with Crippen molar-refractivity contribution in [2.45, 2.75) is 12.5 Å². The van der Waals surface area contributed by atoms with E-state index in [4.69, 9.17) is 0 Å². The maximum absolute atomic E-state index is 13.0. The van der Waals surface area contributed by atoms with Gasteiger partial charge in [0.15, 0.2) is 0 Å². The van der Waals surface area contributed by atoms with E-state index in [0.29, 0.717) is 18.5 Å². The first-order valence-corrected chi connectivity index (χ1v) is 10.6. The van der Waals surface area contributed by atoms with Crippen molar-refractivity contribution >= 4 is 28.8 Å². The van der Waals surface area contributed by atoms with Crippen molar-refractivity contribution in [3.05, 3.63) is 75.3 Å². The van der Waals surface area contributed by atoms with Crippen molar-refractivity contribution in [2.75, 3.05) is 46.2 Å². The number of carbonyl (C=O) groups excluding carboxylic acids is 2. The minimum atomic E-state index is -0.800. The molecular formula is C24H28N4O5. The lowest BCUT2D eigenvalue weighted by atomic mass is 9.95. The third kappa shape index (κ3) is 5.04. The number of rotatable bonds is 8. The molecule has 174 valence electrons. The van der Waals surface area contributed by atoms with Crippen LogP contribution in [0.25, 0.3) is 5.76 Å². The second-order valence-corrected chi connectivity index (χ2v) is 8.44. The molecular weight excluding hydrogens is 424 g/mol. The number of aliphatic hydroxyl groups is 1. The van der Waals surface area contributed by atoms with Gasteiger partial charge in [-0.05, 0) is 44.8 Å². The zero-order valence-corrected chi connectivity index (χ0v) is 19.2. The van der Waals surface area contributed by atoms with Gasteiger partial charge in [-0.25, -0.2) is 0 Å². The van der Waals surface area contributed by atoms with E-state index in [1.807, 2.05) is 62.3 Å². The molecule has 0 saturated carbocycles. The van der Waals surface area contributed by atoms with Gasteiger partial charge in [0.1, 0.15) is 5.76 Å². The smallest absolute Gasteiger partial charge is 0.295 e. The SMILES string of the molecule is CN(C)CCCN1C(=O)C(=O)/C(=C(\O)c2cccc([N+](=O)[O-])c2)C1c1ccc(N(C)C)cc1. The minimum Gasteiger partial charge on any atom is -0.507 e. The van der Waals surface area contributed by atoms with Gasteiger partial charge in [-0.3, -0.25) is 19.7 Å². The Kier molecular flexibility index (Phi) is 7.13. The normalized spacial score (nSPS) is 17.6. The van der Waals surface area contributed by atoms with Crippen molar-refractivity contribution < 1.29 is 19.6 Å². The number of benzene rings is 2. The van der Waals surface area contributed by atoms with Crippen LogP contribution in [0, 0.1) is 10.1 Å². The van der Waals surface area contributed by atoms with Crippen LogP contribution in [0.2, 0.25) is 0 Å². The third-order valence-corrected chi connectivity index (χ3v) is 5.60. The number of nitro groups is 1. The maximum atomic E-state index is 13.0. The molecule has 1 N–H and O–H groups in total. The Bertz CT molecular complexity index is 1090. The lowest BCUT2D eigenvalue weighted by Crippen LogP contribution is -2.32. The first-order valence-electron chi connectivity index (χ1n) is 10.6. The largest absolute Gasteiger partial charge is 0.507 e. The maximum Gasteiger partial charge on any atom is 0.295 e. The van der Waals surface area contributed by atoms with Crippen molar-refractivity contribution in [1.82, 2.24) is 9.80 Å². The van der Waals surface area contributed by atoms with Gasteiger partial charge < -0.3 is 19.8 Å². The Morgan fingerprint density at radius 2 is 1.76 bits per heavy atom. The summed E-state index contributed by atoms with van der Waals surface area (Å²) in [5.74, 6) is -1.91. The number of hydrogen-bond donors (Lipinski definition) is 1. The number of nitrogens with zero attached hydrogens (tertiary/aromatic N) is 4. The first-order chi connectivity index (χ1) is 15.6. The Balaban J connectivity index is 2.11. The van der Waals surface area contributed by atoms with E-state index >= 15 is 0 Å². The molecule has 1 fully saturated rings. The Hall–Kier alpha value is -3.72. The number of likely N-dealkylation sites (tertiary alicyclic amines) is 1. The molecule has 1 amide bonds. The summed E-state index contributed by atoms with van der Waals surface area (Å²) in [5, 5.41) is 22.2. The molecule has 0 radical (unpaired) electrons. The van der Waals surface area contributed by atoms with Gasteiger partial charge in [0.2, 0.25) is 0 Å². The molecule has 1 aliphatic rings. The lowest BCUT2D eigenvalue weighted by molar-refractivity contribution is -0.384. The molecule has 0 aromatic heterocycles. The second-order valence-electron chi connectivity index (χ2n) is 8.44. The van der Waals surface area contributed by atoms with Crippen molar-refractivity contribution in [3.63, 3.8) is 0 Å². The van der Waals surface area contributed by atoms with Crippen LogP contribution in [0.5, 0.6) is 0 Å². The highest BCUT2D eigenvalue weighted by atomic mass is 16.6. The van der Waals surface area contributed by atoms with Crippen LogP contribution in [0.3, 0.4) is 0 Å². The van der Waals surface area contributed by atoms with Crippen LogP contribution in [0.15, 0.2) is 54.1 Å². The molecule has 2 aromatic rings. The summed E-state index contributed by atoms with van der Waals surface area (Å²) < 4.78 is 0. The van der Waals surface area contributed by atoms with E-state index in [0.717, 1.165) is 12.2 Å². The summed E-state index contributed by atoms with van der Waals surface area (Å²) in [7, 11) is 7.66. The summed E-state index contributed by atoms with van der Waals surface area (Å²) >= 11 is 0. The fourth-order valence-electron chi connectivity index (χ4n) is 3.89. The van der Waals surface area contributed by atoms with Gasteiger partial charge in [0.05, 0.1) is 16.5 Å². The molecule has 1 atom stereocenters. The van der Waals surface area contributed by atoms with Gasteiger partial charge in [0.25, 0.3) is 17.4 Å². The van der Waals surface area contributed by atoms with Crippen LogP contribution in [0.1, 0.15) is 23.6 Å². The fourth-order valence-corrected chi connectivity index (χ4v) is 3.89. The first kappa shape index (κ1) is 23.9. The van der Waals surface area contributed by atoms with E-state index < -0.39 is 28.4 Å². The average molecular weight is 453 g/mol. The van der Waals surface area contributed by atoms with Crippen LogP contribution in [-0.2, 0) is 9.59 Å². The molecule has 9 nitrogen and oxygen atoms in total. The van der Waals surface area contributed by atoms with Crippen LogP contribution in [-0.4, -0.2) is 72.8 Å². The van der Waals surface area contributed by atoms with Gasteiger partial charge >= 0.3 is 0 Å². The Labute approximate surface area is 192 Å². The fraction of sp³-hybridized carbons (Fsp3) is 0.333. The molecule has 0 aliphatic carbocycles. The minimum absolute atomic E-state index is 0.0667. The molecule has 1 heterocycles. The zero-order chi connectivity index (χ0) is 24.3. The number of ketones is 1. The number of Topliss-reactive ketones (excluding diaryl/α,β-unsaturated/α-hetero) is 1. The quantitative estimate of drug-likeness (QED) is 0.216. The predicted molar refractivity (Wildman–Crippen MR) is 126 cm³/mol. The Morgan fingerprint density at radius 3 is 2.33 bits per heavy atom. The number of amides is 1. The topological polar surface area (TPSA) is 107 Å². The Morgan fingerprint density at radius 1 is 1.09 bits per heavy atom. The molecule has 1 unspecified atom stereocenters. The standard InChI is InChI=1S/C24H28N4O5/c1-25(2)13-6-14-27-21(16-9-11-18(12-10-16)26(3)4)20(23(30)24(27)31)22(29)17-7-5-8-19(15-17)28(32)33/h5,7-12,15,21,29H,6,13-14H2,1-4H3/b22-20-. The molecule has 33 heavy (non-hydrogen) atoms. The van der Waals surface area contributed by atoms with E-state index in [1.165, 1.54) is 29.2 Å². The summed E-state index contributed by atoms with van der Waals surface area (Å²) in [6, 6.07) is 12.0. The summed E-state index contributed by atoms with van der Waals surface area (Å²) in [6.45, 7) is 1.05. The number of carbonyl (C=O) groups is 2. The summed E-state index contributed by atoms with van der Waals surface area (Å²) in [6.07, 6.45) is 0.642. The van der Waals surface area contributed by atoms with Gasteiger partial charge in [0, 0.05) is 44.0 Å². The molecule has 2 aromatic carbocycles. The highest BCUT2D eigenvalue weighted by Crippen LogP contribution is 2.40. The van der Waals surface area contributed by atoms with Gasteiger partial charge in [-0.2, -0.15) is 0 Å². The number of non-ortho nitro benzene ring substituents is 1. The predicted octanol–water partition coefficient (Wildman–Crippen LogP) is 3.03. The van der Waals surface area contributed by atoms with Crippen LogP contribution >= 0.6 is 0 Å². The molecule has 1 saturated heterocycles. The molecule has 0 spiro atoms. The number of aliphatic hydroxyl groups excluding tert-OH is 1. The average Bonchev–Trinajstić information content (AvgIpc) is 3.03. The highest BCUT2D eigenvalue weighted by molar-refractivity contribution is 6.46. The molecule has 0 bridgehead atoms. The monoisotopic (exact) mass is 452 g/mol. The third-order valence-electron chi connectivity index (χ3n) is 5.60. The van der Waals surface area contributed by atoms with Crippen molar-refractivity contribution in [3.8, 4) is 0 Å². The second kappa shape index (κ2) is 9.83. The van der Waals surface area contributed by atoms with Gasteiger partial charge in [-0.15, -0.1) is 0 Å². The zero-order valence-electron chi connectivity index (χ0n) is 19.2. The summed E-state index contributed by atoms with van der Waals surface area (Å²) in [5.41, 5.74) is 1.46. The van der Waals surface area contributed by atoms with Crippen LogP contribution < -0.4 is 4.90 Å². The van der Waals surface area contributed by atoms with E-state index in [-0.39, 0.29) is 16.8 Å². The number of hydrogen-bond acceptors (Lipinski definition) is 7. The van der Waals surface area contributed by atoms with E-state index in [2.05, 4.69) is 0 Å². The van der Waals surface area contributed by atoms with Crippen LogP contribution in [0.4, 0.5) is 11.4 Å². The molecule has 1 aliphatic heterocycles.